The van der Waals surface area contributed by atoms with Crippen molar-refractivity contribution in [2.75, 3.05) is 0 Å². The molecule has 0 fully saturated rings. The first-order valence-corrected chi connectivity index (χ1v) is 11.7. The quantitative estimate of drug-likeness (QED) is 0.372. The summed E-state index contributed by atoms with van der Waals surface area (Å²) in [5, 5.41) is 10.1. The Hall–Kier alpha value is -1.10. The highest BCUT2D eigenvalue weighted by molar-refractivity contribution is 14.2. The van der Waals surface area contributed by atoms with Crippen LogP contribution in [-0.4, -0.2) is 23.4 Å². The van der Waals surface area contributed by atoms with Crippen molar-refractivity contribution < 1.29 is 5.11 Å². The summed E-state index contributed by atoms with van der Waals surface area (Å²) in [5.74, 6) is 0. The molecule has 128 valence electrons. The number of fused-ring (bicyclic) bond motifs is 3. The second-order valence-electron chi connectivity index (χ2n) is 6.26. The van der Waals surface area contributed by atoms with Crippen molar-refractivity contribution in [3.63, 3.8) is 0 Å². The van der Waals surface area contributed by atoms with Crippen LogP contribution in [0.4, 0.5) is 0 Å². The molecule has 3 heterocycles. The van der Waals surface area contributed by atoms with Crippen LogP contribution in [0.25, 0.3) is 27.9 Å². The molecule has 8 heteroatoms. The van der Waals surface area contributed by atoms with Gasteiger partial charge in [-0.2, -0.15) is 0 Å². The first-order chi connectivity index (χ1) is 11.9. The van der Waals surface area contributed by atoms with E-state index in [4.69, 9.17) is 4.98 Å². The van der Waals surface area contributed by atoms with Crippen LogP contribution in [0.15, 0.2) is 47.5 Å². The van der Waals surface area contributed by atoms with Gasteiger partial charge in [0.05, 0.1) is 28.5 Å². The largest absolute Gasteiger partial charge is 0.386 e. The average molecular weight is 529 g/mol. The summed E-state index contributed by atoms with van der Waals surface area (Å²) in [5.41, 5.74) is 4.69. The zero-order chi connectivity index (χ0) is 17.8. The second-order valence-corrected chi connectivity index (χ2v) is 8.69. The predicted molar refractivity (Wildman–Crippen MR) is 114 cm³/mol. The van der Waals surface area contributed by atoms with Gasteiger partial charge in [-0.05, 0) is 41.4 Å². The van der Waals surface area contributed by atoms with E-state index in [9.17, 15) is 5.11 Å². The fourth-order valence-electron chi connectivity index (χ4n) is 2.87. The lowest BCUT2D eigenvalue weighted by Gasteiger charge is -2.17. The minimum Gasteiger partial charge on any atom is -0.386 e. The molecule has 0 atom stereocenters. The third-order valence-electron chi connectivity index (χ3n) is 4.17. The average Bonchev–Trinajstić information content (AvgIpc) is 3.15. The van der Waals surface area contributed by atoms with Gasteiger partial charge in [-0.3, -0.25) is 8.37 Å². The van der Waals surface area contributed by atoms with Crippen molar-refractivity contribution in [1.82, 2.24) is 18.3 Å². The fraction of sp³-hybridized carbons (Fsp3) is 0.176. The maximum atomic E-state index is 10.1. The first-order valence-electron chi connectivity index (χ1n) is 7.56. The molecule has 4 aromatic rings. The van der Waals surface area contributed by atoms with Crippen LogP contribution in [0.3, 0.4) is 0 Å². The second kappa shape index (κ2) is 6.26. The van der Waals surface area contributed by atoms with Crippen LogP contribution in [0.1, 0.15) is 19.4 Å². The van der Waals surface area contributed by atoms with E-state index >= 15 is 0 Å². The van der Waals surface area contributed by atoms with Crippen LogP contribution in [-0.2, 0) is 5.60 Å². The number of hydrogen-bond donors (Lipinski definition) is 1. The Kier molecular flexibility index (Phi) is 4.33. The number of nitrogens with zero attached hydrogens (tertiary/aromatic N) is 4. The molecule has 0 aliphatic heterocycles. The van der Waals surface area contributed by atoms with Gasteiger partial charge in [0.15, 0.2) is 10.4 Å². The Bertz CT molecular complexity index is 1080. The van der Waals surface area contributed by atoms with Crippen LogP contribution < -0.4 is 0 Å². The summed E-state index contributed by atoms with van der Waals surface area (Å²) in [7, 11) is 1.58. The minimum atomic E-state index is -0.858. The van der Waals surface area contributed by atoms with Crippen molar-refractivity contribution in [2.45, 2.75) is 19.4 Å². The van der Waals surface area contributed by atoms with Crippen molar-refractivity contribution >= 4 is 62.9 Å². The molecule has 0 amide bonds. The van der Waals surface area contributed by atoms with Gasteiger partial charge in [-0.25, -0.2) is 9.97 Å². The third kappa shape index (κ3) is 2.88. The number of aromatic nitrogens is 4. The van der Waals surface area contributed by atoms with Crippen LogP contribution >= 0.6 is 46.3 Å². The normalized spacial score (nSPS) is 12.4. The highest BCUT2D eigenvalue weighted by atomic mass is 127. The molecular formula is C17H14BrIN4OS. The number of benzene rings is 1. The molecule has 4 rings (SSSR count). The molecule has 0 spiro atoms. The third-order valence-corrected chi connectivity index (χ3v) is 6.42. The Morgan fingerprint density at radius 3 is 2.52 bits per heavy atom. The summed E-state index contributed by atoms with van der Waals surface area (Å²) in [6.45, 7) is 3.56. The fourth-order valence-corrected chi connectivity index (χ4v) is 4.70. The van der Waals surface area contributed by atoms with E-state index in [1.807, 2.05) is 46.7 Å². The molecule has 0 saturated heterocycles. The molecule has 25 heavy (non-hydrogen) atoms. The van der Waals surface area contributed by atoms with E-state index in [-0.39, 0.29) is 0 Å². The molecule has 1 aromatic carbocycles. The summed E-state index contributed by atoms with van der Waals surface area (Å²) < 4.78 is 4.82. The lowest BCUT2D eigenvalue weighted by molar-refractivity contribution is 0.0786. The Morgan fingerprint density at radius 2 is 1.88 bits per heavy atom. The van der Waals surface area contributed by atoms with Gasteiger partial charge < -0.3 is 5.11 Å². The molecule has 0 aliphatic rings. The predicted octanol–water partition coefficient (Wildman–Crippen LogP) is 5.19. The Labute approximate surface area is 169 Å². The zero-order valence-electron chi connectivity index (χ0n) is 13.4. The van der Waals surface area contributed by atoms with Gasteiger partial charge in [0.1, 0.15) is 0 Å². The van der Waals surface area contributed by atoms with E-state index in [1.165, 1.54) is 0 Å². The smallest absolute Gasteiger partial charge is 0.183 e. The molecule has 1 N–H and O–H groups in total. The number of aliphatic hydroxyl groups is 1. The monoisotopic (exact) mass is 528 g/mol. The maximum Gasteiger partial charge on any atom is 0.183 e. The molecular weight excluding hydrogens is 515 g/mol. The number of hydrogen-bond acceptors (Lipinski definition) is 4. The van der Waals surface area contributed by atoms with Gasteiger partial charge in [0.25, 0.3) is 0 Å². The molecule has 0 aliphatic carbocycles. The maximum absolute atomic E-state index is 10.1. The summed E-state index contributed by atoms with van der Waals surface area (Å²) in [4.78, 5) is 9.31. The number of rotatable bonds is 3. The summed E-state index contributed by atoms with van der Waals surface area (Å²) in [6, 6.07) is 9.87. The highest BCUT2D eigenvalue weighted by Gasteiger charge is 2.18. The van der Waals surface area contributed by atoms with E-state index in [0.717, 1.165) is 38.2 Å². The van der Waals surface area contributed by atoms with E-state index in [2.05, 4.69) is 46.5 Å². The van der Waals surface area contributed by atoms with Gasteiger partial charge in [0.2, 0.25) is 0 Å². The Balaban J connectivity index is 1.91. The van der Waals surface area contributed by atoms with Crippen molar-refractivity contribution in [3.8, 4) is 11.3 Å². The molecule has 0 unspecified atom stereocenters. The van der Waals surface area contributed by atoms with Gasteiger partial charge >= 0.3 is 0 Å². The van der Waals surface area contributed by atoms with Crippen molar-refractivity contribution in [1.29, 1.82) is 0 Å². The molecule has 5 nitrogen and oxygen atoms in total. The van der Waals surface area contributed by atoms with Crippen LogP contribution in [0.2, 0.25) is 0 Å². The number of halogens is 2. The first kappa shape index (κ1) is 17.3. The van der Waals surface area contributed by atoms with E-state index in [1.54, 1.807) is 23.0 Å². The van der Waals surface area contributed by atoms with Gasteiger partial charge in [0, 0.05) is 42.1 Å². The highest BCUT2D eigenvalue weighted by Crippen LogP contribution is 2.32. The van der Waals surface area contributed by atoms with Gasteiger partial charge in [-0.15, -0.1) is 0 Å². The SMILES string of the molecule is CC(C)(O)c1ccc(-c2nc(Br)n3c2cnc2c3ccn2SI)cc1. The number of imidazole rings is 1. The van der Waals surface area contributed by atoms with Crippen LogP contribution in [0, 0.1) is 0 Å². The van der Waals surface area contributed by atoms with Crippen molar-refractivity contribution in [2.24, 2.45) is 0 Å². The van der Waals surface area contributed by atoms with Crippen LogP contribution in [0.5, 0.6) is 0 Å². The van der Waals surface area contributed by atoms with E-state index in [0.29, 0.717) is 0 Å². The molecule has 0 radical (unpaired) electrons. The van der Waals surface area contributed by atoms with Crippen molar-refractivity contribution in [3.05, 3.63) is 53.0 Å². The summed E-state index contributed by atoms with van der Waals surface area (Å²) in [6.07, 6.45) is 3.85. The standard InChI is InChI=1S/C17H14BrIN4OS/c1-17(2,24)11-5-3-10(4-6-11)14-13-9-20-15-12(7-8-22(15)25-19)23(13)16(18)21-14/h3-9,24H,1-2H3. The summed E-state index contributed by atoms with van der Waals surface area (Å²) >= 11 is 5.82. The lowest BCUT2D eigenvalue weighted by atomic mass is 9.97. The Morgan fingerprint density at radius 1 is 1.16 bits per heavy atom. The molecule has 0 saturated carbocycles. The molecule has 0 bridgehead atoms. The molecule has 3 aromatic heterocycles. The topological polar surface area (TPSA) is 55.4 Å². The lowest BCUT2D eigenvalue weighted by Crippen LogP contribution is -2.14. The van der Waals surface area contributed by atoms with E-state index < -0.39 is 5.60 Å². The van der Waals surface area contributed by atoms with Gasteiger partial charge in [-0.1, -0.05) is 24.3 Å². The minimum absolute atomic E-state index is 0.743. The zero-order valence-corrected chi connectivity index (χ0v) is 18.0.